The zero-order valence-electron chi connectivity index (χ0n) is 29.7. The van der Waals surface area contributed by atoms with E-state index in [0.717, 1.165) is 61.7 Å². The Kier molecular flexibility index (Phi) is 7.38. The van der Waals surface area contributed by atoms with Crippen molar-refractivity contribution in [2.24, 2.45) is 0 Å². The number of nitrogens with zero attached hydrogens (tertiary/aromatic N) is 4. The summed E-state index contributed by atoms with van der Waals surface area (Å²) >= 11 is 0. The van der Waals surface area contributed by atoms with E-state index in [1.807, 2.05) is 55.5 Å². The molecule has 0 unspecified atom stereocenters. The van der Waals surface area contributed by atoms with Gasteiger partial charge in [0.05, 0.1) is 28.2 Å². The van der Waals surface area contributed by atoms with E-state index in [2.05, 4.69) is 134 Å². The van der Waals surface area contributed by atoms with Crippen molar-refractivity contribution in [2.45, 2.75) is 12.3 Å². The zero-order chi connectivity index (χ0) is 36.2. The van der Waals surface area contributed by atoms with E-state index in [9.17, 15) is 0 Å². The lowest BCUT2D eigenvalue weighted by molar-refractivity contribution is 0.788. The van der Waals surface area contributed by atoms with Crippen molar-refractivity contribution in [2.75, 3.05) is 0 Å². The highest BCUT2D eigenvalue weighted by molar-refractivity contribution is 5.97. The predicted molar refractivity (Wildman–Crippen MR) is 220 cm³/mol. The van der Waals surface area contributed by atoms with E-state index >= 15 is 0 Å². The third kappa shape index (κ3) is 4.70. The monoisotopic (exact) mass is 690 g/mol. The van der Waals surface area contributed by atoms with Crippen molar-refractivity contribution in [1.82, 2.24) is 19.9 Å². The lowest BCUT2D eigenvalue weighted by Gasteiger charge is -2.31. The number of aromatic nitrogens is 4. The van der Waals surface area contributed by atoms with Crippen LogP contribution in [0.1, 0.15) is 35.0 Å². The Labute approximate surface area is 315 Å². The molecule has 6 aromatic carbocycles. The van der Waals surface area contributed by atoms with Gasteiger partial charge in [-0.1, -0.05) is 176 Å². The summed E-state index contributed by atoms with van der Waals surface area (Å²) in [5.41, 5.74) is 16.4. The minimum Gasteiger partial charge on any atom is -0.228 e. The van der Waals surface area contributed by atoms with Crippen LogP contribution in [0.4, 0.5) is 0 Å². The summed E-state index contributed by atoms with van der Waals surface area (Å²) in [6.07, 6.45) is 3.81. The number of hydrogen-bond donors (Lipinski definition) is 0. The van der Waals surface area contributed by atoms with E-state index in [-0.39, 0.29) is 0 Å². The number of hydrogen-bond acceptors (Lipinski definition) is 4. The van der Waals surface area contributed by atoms with Crippen LogP contribution < -0.4 is 0 Å². The van der Waals surface area contributed by atoms with Crippen molar-refractivity contribution < 1.29 is 0 Å². The van der Waals surface area contributed by atoms with Gasteiger partial charge >= 0.3 is 0 Å². The molecule has 54 heavy (non-hydrogen) atoms. The van der Waals surface area contributed by atoms with Gasteiger partial charge in [-0.15, -0.1) is 0 Å². The van der Waals surface area contributed by atoms with Crippen LogP contribution in [0.5, 0.6) is 0 Å². The van der Waals surface area contributed by atoms with Gasteiger partial charge < -0.3 is 0 Å². The molecule has 1 spiro atoms. The second-order valence-electron chi connectivity index (χ2n) is 13.7. The van der Waals surface area contributed by atoms with Crippen molar-refractivity contribution in [1.29, 1.82) is 0 Å². The highest BCUT2D eigenvalue weighted by Crippen LogP contribution is 2.64. The summed E-state index contributed by atoms with van der Waals surface area (Å²) in [5, 5.41) is 0. The van der Waals surface area contributed by atoms with Gasteiger partial charge in [-0.3, -0.25) is 0 Å². The maximum Gasteiger partial charge on any atom is 0.160 e. The van der Waals surface area contributed by atoms with E-state index in [0.29, 0.717) is 11.6 Å². The number of fused-ring (bicyclic) bond motifs is 10. The van der Waals surface area contributed by atoms with Gasteiger partial charge in [-0.05, 0) is 40.8 Å². The Morgan fingerprint density at radius 2 is 0.944 bits per heavy atom. The summed E-state index contributed by atoms with van der Waals surface area (Å²) in [6.45, 7) is 6.01. The molecule has 0 amide bonds. The topological polar surface area (TPSA) is 51.6 Å². The van der Waals surface area contributed by atoms with Gasteiger partial charge in [0.15, 0.2) is 11.6 Å². The predicted octanol–water partition coefficient (Wildman–Crippen LogP) is 11.9. The molecule has 2 aliphatic carbocycles. The SMILES string of the molecule is C=C/C(=C\C)c1nc(-c2ccccc2)cc(-c2ccc(-c3nc(-c4ccccc4)nc4c3C3(c5ccccc5-c5ccccc53)c3ccccc3-4)cc2)n1. The largest absolute Gasteiger partial charge is 0.228 e. The third-order valence-corrected chi connectivity index (χ3v) is 10.9. The Morgan fingerprint density at radius 3 is 1.52 bits per heavy atom. The van der Waals surface area contributed by atoms with Gasteiger partial charge in [0.1, 0.15) is 0 Å². The molecular weight excluding hydrogens is 657 g/mol. The van der Waals surface area contributed by atoms with Crippen LogP contribution in [0.15, 0.2) is 183 Å². The average Bonchev–Trinajstić information content (AvgIpc) is 3.72. The standard InChI is InChI=1S/C50H34N4/c1-3-32(4-2)48-51-43(33-17-7-5-8-18-33)31-44(52-48)34-27-29-35(30-28-34)46-45-47(54-49(53-46)36-19-9-6-10-20-36)39-23-13-16-26-42(39)50(45)40-24-14-11-21-37(40)38-22-12-15-25-41(38)50/h3-31H,1H2,2H3/b32-4+. The van der Waals surface area contributed by atoms with E-state index in [1.165, 1.54) is 27.8 Å². The molecule has 0 saturated carbocycles. The highest BCUT2D eigenvalue weighted by atomic mass is 14.9. The molecule has 2 aliphatic rings. The first kappa shape index (κ1) is 31.7. The number of benzene rings is 6. The van der Waals surface area contributed by atoms with Crippen LogP contribution in [-0.2, 0) is 5.41 Å². The van der Waals surface area contributed by atoms with Crippen molar-refractivity contribution >= 4 is 5.57 Å². The molecule has 0 atom stereocenters. The maximum atomic E-state index is 5.49. The van der Waals surface area contributed by atoms with Crippen LogP contribution in [0.2, 0.25) is 0 Å². The molecule has 0 saturated heterocycles. The van der Waals surface area contributed by atoms with Gasteiger partial charge in [0.2, 0.25) is 0 Å². The Hall–Kier alpha value is -7.04. The van der Waals surface area contributed by atoms with E-state index in [1.54, 1.807) is 0 Å². The van der Waals surface area contributed by atoms with Crippen LogP contribution >= 0.6 is 0 Å². The smallest absolute Gasteiger partial charge is 0.160 e. The molecule has 0 fully saturated rings. The minimum absolute atomic E-state index is 0.581. The minimum atomic E-state index is -0.581. The highest BCUT2D eigenvalue weighted by Gasteiger charge is 2.54. The molecule has 2 heterocycles. The lowest BCUT2D eigenvalue weighted by atomic mass is 9.69. The lowest BCUT2D eigenvalue weighted by Crippen LogP contribution is -2.27. The Balaban J connectivity index is 1.22. The number of allylic oxidation sites excluding steroid dienone is 3. The molecule has 2 aromatic heterocycles. The molecule has 254 valence electrons. The second kappa shape index (κ2) is 12.6. The fourth-order valence-corrected chi connectivity index (χ4v) is 8.50. The van der Waals surface area contributed by atoms with Crippen LogP contribution in [-0.4, -0.2) is 19.9 Å². The zero-order valence-corrected chi connectivity index (χ0v) is 29.7. The molecule has 0 bridgehead atoms. The summed E-state index contributed by atoms with van der Waals surface area (Å²) in [6, 6.07) is 57.8. The summed E-state index contributed by atoms with van der Waals surface area (Å²) in [5.74, 6) is 1.35. The average molecular weight is 691 g/mol. The van der Waals surface area contributed by atoms with Crippen molar-refractivity contribution in [3.8, 4) is 67.5 Å². The van der Waals surface area contributed by atoms with Gasteiger partial charge in [-0.2, -0.15) is 0 Å². The number of rotatable bonds is 6. The summed E-state index contributed by atoms with van der Waals surface area (Å²) < 4.78 is 0. The van der Waals surface area contributed by atoms with Gasteiger partial charge in [-0.25, -0.2) is 19.9 Å². The Bertz CT molecular complexity index is 2740. The fourth-order valence-electron chi connectivity index (χ4n) is 8.50. The van der Waals surface area contributed by atoms with Gasteiger partial charge in [0, 0.05) is 39.0 Å². The first-order valence-electron chi connectivity index (χ1n) is 18.3. The molecule has 0 N–H and O–H groups in total. The summed E-state index contributed by atoms with van der Waals surface area (Å²) in [4.78, 5) is 20.9. The molecule has 8 aromatic rings. The maximum absolute atomic E-state index is 5.49. The van der Waals surface area contributed by atoms with Crippen LogP contribution in [0.3, 0.4) is 0 Å². The molecular formula is C50H34N4. The first-order valence-corrected chi connectivity index (χ1v) is 18.3. The Morgan fingerprint density at radius 1 is 0.481 bits per heavy atom. The van der Waals surface area contributed by atoms with E-state index in [4.69, 9.17) is 19.9 Å². The van der Waals surface area contributed by atoms with Crippen molar-refractivity contribution in [3.63, 3.8) is 0 Å². The molecule has 10 rings (SSSR count). The molecule has 0 radical (unpaired) electrons. The van der Waals surface area contributed by atoms with Crippen LogP contribution in [0, 0.1) is 0 Å². The first-order chi connectivity index (χ1) is 26.7. The van der Waals surface area contributed by atoms with E-state index < -0.39 is 5.41 Å². The third-order valence-electron chi connectivity index (χ3n) is 10.9. The fraction of sp³-hybridized carbons (Fsp3) is 0.0400. The molecule has 4 nitrogen and oxygen atoms in total. The normalized spacial score (nSPS) is 13.2. The quantitative estimate of drug-likeness (QED) is 0.163. The van der Waals surface area contributed by atoms with Gasteiger partial charge in [0.25, 0.3) is 0 Å². The molecule has 4 heteroatoms. The van der Waals surface area contributed by atoms with Crippen molar-refractivity contribution in [3.05, 3.63) is 211 Å². The summed E-state index contributed by atoms with van der Waals surface area (Å²) in [7, 11) is 0. The second-order valence-corrected chi connectivity index (χ2v) is 13.7. The molecule has 0 aliphatic heterocycles. The van der Waals surface area contributed by atoms with Crippen LogP contribution in [0.25, 0.3) is 73.1 Å².